The molecule has 4 nitrogen and oxygen atoms in total. The Balaban J connectivity index is 2.06. The number of hydrogen-bond acceptors (Lipinski definition) is 4. The first-order chi connectivity index (χ1) is 7.83. The summed E-state index contributed by atoms with van der Waals surface area (Å²) in [6, 6.07) is 5.75. The zero-order valence-electron chi connectivity index (χ0n) is 9.48. The Hall–Kier alpha value is -1.60. The highest BCUT2D eigenvalue weighted by Gasteiger charge is 2.22. The molecule has 0 spiro atoms. The van der Waals surface area contributed by atoms with E-state index < -0.39 is 0 Å². The van der Waals surface area contributed by atoms with E-state index in [4.69, 9.17) is 5.26 Å². The molecule has 1 fully saturated rings. The van der Waals surface area contributed by atoms with Crippen molar-refractivity contribution in [2.45, 2.75) is 6.42 Å². The molecular formula is C12H16N4. The molecule has 1 saturated heterocycles. The van der Waals surface area contributed by atoms with Gasteiger partial charge in [0.1, 0.15) is 5.82 Å². The lowest BCUT2D eigenvalue weighted by atomic mass is 10.1. The van der Waals surface area contributed by atoms with Crippen molar-refractivity contribution in [2.75, 3.05) is 31.6 Å². The largest absolute Gasteiger partial charge is 0.356 e. The number of nitrogens with one attached hydrogen (secondary N) is 1. The SMILES string of the molecule is CNCC1CCN(c2cc(C#N)ccn2)C1. The van der Waals surface area contributed by atoms with Gasteiger partial charge < -0.3 is 10.2 Å². The van der Waals surface area contributed by atoms with Gasteiger partial charge in [0.05, 0.1) is 11.6 Å². The van der Waals surface area contributed by atoms with E-state index in [1.54, 1.807) is 12.3 Å². The summed E-state index contributed by atoms with van der Waals surface area (Å²) < 4.78 is 0. The highest BCUT2D eigenvalue weighted by molar-refractivity contribution is 5.45. The second kappa shape index (κ2) is 4.95. The van der Waals surface area contributed by atoms with Gasteiger partial charge in [-0.1, -0.05) is 0 Å². The molecule has 1 atom stereocenters. The molecular weight excluding hydrogens is 200 g/mol. The maximum Gasteiger partial charge on any atom is 0.129 e. The molecule has 84 valence electrons. The minimum absolute atomic E-state index is 0.682. The van der Waals surface area contributed by atoms with Gasteiger partial charge >= 0.3 is 0 Å². The topological polar surface area (TPSA) is 52.0 Å². The van der Waals surface area contributed by atoms with Gasteiger partial charge in [0.15, 0.2) is 0 Å². The molecule has 0 aromatic carbocycles. The van der Waals surface area contributed by atoms with Crippen molar-refractivity contribution in [3.05, 3.63) is 23.9 Å². The van der Waals surface area contributed by atoms with E-state index in [0.717, 1.165) is 25.5 Å². The van der Waals surface area contributed by atoms with E-state index in [9.17, 15) is 0 Å². The van der Waals surface area contributed by atoms with Crippen LogP contribution in [0.5, 0.6) is 0 Å². The quantitative estimate of drug-likeness (QED) is 0.819. The molecule has 1 unspecified atom stereocenters. The molecule has 4 heteroatoms. The summed E-state index contributed by atoms with van der Waals surface area (Å²) in [7, 11) is 1.98. The number of aromatic nitrogens is 1. The number of nitrogens with zero attached hydrogens (tertiary/aromatic N) is 3. The average molecular weight is 216 g/mol. The first-order valence-corrected chi connectivity index (χ1v) is 5.59. The van der Waals surface area contributed by atoms with E-state index in [-0.39, 0.29) is 0 Å². The lowest BCUT2D eigenvalue weighted by molar-refractivity contribution is 0.549. The van der Waals surface area contributed by atoms with Gasteiger partial charge in [-0.05, 0) is 38.1 Å². The highest BCUT2D eigenvalue weighted by Crippen LogP contribution is 2.21. The summed E-state index contributed by atoms with van der Waals surface area (Å²) in [5.41, 5.74) is 0.682. The maximum atomic E-state index is 8.83. The fourth-order valence-electron chi connectivity index (χ4n) is 2.16. The molecule has 1 aromatic rings. The molecule has 0 saturated carbocycles. The van der Waals surface area contributed by atoms with Crippen LogP contribution in [0.1, 0.15) is 12.0 Å². The van der Waals surface area contributed by atoms with E-state index in [2.05, 4.69) is 21.3 Å². The molecule has 1 aliphatic heterocycles. The van der Waals surface area contributed by atoms with Crippen molar-refractivity contribution in [1.82, 2.24) is 10.3 Å². The number of hydrogen-bond donors (Lipinski definition) is 1. The molecule has 1 N–H and O–H groups in total. The zero-order chi connectivity index (χ0) is 11.4. The maximum absolute atomic E-state index is 8.83. The van der Waals surface area contributed by atoms with Crippen LogP contribution in [0, 0.1) is 17.2 Å². The third kappa shape index (κ3) is 2.31. The Labute approximate surface area is 95.9 Å². The minimum atomic E-state index is 0.682. The molecule has 2 heterocycles. The Morgan fingerprint density at radius 1 is 1.69 bits per heavy atom. The second-order valence-electron chi connectivity index (χ2n) is 4.17. The molecule has 1 aromatic heterocycles. The summed E-state index contributed by atoms with van der Waals surface area (Å²) in [4.78, 5) is 6.57. The van der Waals surface area contributed by atoms with Crippen molar-refractivity contribution in [3.63, 3.8) is 0 Å². The molecule has 0 radical (unpaired) electrons. The highest BCUT2D eigenvalue weighted by atomic mass is 15.2. The fraction of sp³-hybridized carbons (Fsp3) is 0.500. The summed E-state index contributed by atoms with van der Waals surface area (Å²) in [6.07, 6.45) is 2.90. The van der Waals surface area contributed by atoms with Crippen LogP contribution < -0.4 is 10.2 Å². The van der Waals surface area contributed by atoms with Crippen LogP contribution in [0.4, 0.5) is 5.82 Å². The molecule has 0 amide bonds. The van der Waals surface area contributed by atoms with Crippen LogP contribution in [-0.2, 0) is 0 Å². The van der Waals surface area contributed by atoms with Crippen molar-refractivity contribution in [3.8, 4) is 6.07 Å². The summed E-state index contributed by atoms with van der Waals surface area (Å²) in [6.45, 7) is 3.12. The third-order valence-corrected chi connectivity index (χ3v) is 2.98. The Morgan fingerprint density at radius 2 is 2.56 bits per heavy atom. The van der Waals surface area contributed by atoms with Crippen LogP contribution in [0.3, 0.4) is 0 Å². The molecule has 0 bridgehead atoms. The van der Waals surface area contributed by atoms with Crippen molar-refractivity contribution < 1.29 is 0 Å². The lowest BCUT2D eigenvalue weighted by Crippen LogP contribution is -2.24. The molecule has 0 aliphatic carbocycles. The van der Waals surface area contributed by atoms with E-state index in [1.165, 1.54) is 6.42 Å². The Morgan fingerprint density at radius 3 is 3.31 bits per heavy atom. The zero-order valence-corrected chi connectivity index (χ0v) is 9.48. The smallest absolute Gasteiger partial charge is 0.129 e. The van der Waals surface area contributed by atoms with Crippen LogP contribution in [0.2, 0.25) is 0 Å². The van der Waals surface area contributed by atoms with Gasteiger partial charge in [0.25, 0.3) is 0 Å². The van der Waals surface area contributed by atoms with Gasteiger partial charge in [0, 0.05) is 19.3 Å². The molecule has 1 aliphatic rings. The van der Waals surface area contributed by atoms with Crippen LogP contribution in [0.15, 0.2) is 18.3 Å². The van der Waals surface area contributed by atoms with Crippen LogP contribution >= 0.6 is 0 Å². The van der Waals surface area contributed by atoms with Crippen molar-refractivity contribution >= 4 is 5.82 Å². The van der Waals surface area contributed by atoms with Crippen LogP contribution in [-0.4, -0.2) is 31.7 Å². The lowest BCUT2D eigenvalue weighted by Gasteiger charge is -2.17. The van der Waals surface area contributed by atoms with Crippen LogP contribution in [0.25, 0.3) is 0 Å². The Bertz CT molecular complexity index is 396. The van der Waals surface area contributed by atoms with Gasteiger partial charge in [-0.2, -0.15) is 5.26 Å². The van der Waals surface area contributed by atoms with Gasteiger partial charge in [0.2, 0.25) is 0 Å². The first kappa shape index (κ1) is 10.9. The van der Waals surface area contributed by atoms with E-state index in [1.807, 2.05) is 13.1 Å². The molecule has 2 rings (SSSR count). The summed E-state index contributed by atoms with van der Waals surface area (Å²) in [5, 5.41) is 12.0. The standard InChI is InChI=1S/C12H16N4/c1-14-8-11-3-5-16(9-11)12-6-10(7-13)2-4-15-12/h2,4,6,11,14H,3,5,8-9H2,1H3. The first-order valence-electron chi connectivity index (χ1n) is 5.59. The van der Waals surface area contributed by atoms with Gasteiger partial charge in [-0.15, -0.1) is 0 Å². The van der Waals surface area contributed by atoms with Gasteiger partial charge in [-0.3, -0.25) is 0 Å². The average Bonchev–Trinajstić information content (AvgIpc) is 2.78. The number of anilines is 1. The van der Waals surface area contributed by atoms with Crippen molar-refractivity contribution in [2.24, 2.45) is 5.92 Å². The third-order valence-electron chi connectivity index (χ3n) is 2.98. The van der Waals surface area contributed by atoms with E-state index >= 15 is 0 Å². The van der Waals surface area contributed by atoms with Gasteiger partial charge in [-0.25, -0.2) is 4.98 Å². The van der Waals surface area contributed by atoms with E-state index in [0.29, 0.717) is 11.5 Å². The summed E-state index contributed by atoms with van der Waals surface area (Å²) in [5.74, 6) is 1.62. The predicted octanol–water partition coefficient (Wildman–Crippen LogP) is 0.999. The number of nitriles is 1. The number of rotatable bonds is 3. The fourth-order valence-corrected chi connectivity index (χ4v) is 2.16. The Kier molecular flexibility index (Phi) is 3.37. The second-order valence-corrected chi connectivity index (χ2v) is 4.17. The normalized spacial score (nSPS) is 19.8. The summed E-state index contributed by atoms with van der Waals surface area (Å²) >= 11 is 0. The minimum Gasteiger partial charge on any atom is -0.356 e. The number of pyridine rings is 1. The van der Waals surface area contributed by atoms with Crippen molar-refractivity contribution in [1.29, 1.82) is 5.26 Å². The molecule has 16 heavy (non-hydrogen) atoms. The predicted molar refractivity (Wildman–Crippen MR) is 63.2 cm³/mol. The monoisotopic (exact) mass is 216 g/mol.